The molecule has 1 aromatic rings. The van der Waals surface area contributed by atoms with E-state index in [1.165, 1.54) is 24.1 Å². The number of nitrogens with zero attached hydrogens (tertiary/aromatic N) is 1. The largest absolute Gasteiger partial charge is 0.507 e. The van der Waals surface area contributed by atoms with Crippen molar-refractivity contribution in [3.63, 3.8) is 0 Å². The lowest BCUT2D eigenvalue weighted by Crippen LogP contribution is -2.29. The van der Waals surface area contributed by atoms with Crippen molar-refractivity contribution in [1.82, 2.24) is 4.90 Å². The van der Waals surface area contributed by atoms with E-state index in [9.17, 15) is 9.90 Å². The van der Waals surface area contributed by atoms with Gasteiger partial charge in [0.15, 0.2) is 0 Å². The summed E-state index contributed by atoms with van der Waals surface area (Å²) in [6, 6.07) is 2.53. The molecule has 5 nitrogen and oxygen atoms in total. The van der Waals surface area contributed by atoms with Crippen molar-refractivity contribution in [2.45, 2.75) is 0 Å². The predicted molar refractivity (Wildman–Crippen MR) is 61.6 cm³/mol. The van der Waals surface area contributed by atoms with E-state index in [0.29, 0.717) is 0 Å². The Balaban J connectivity index is 3.04. The number of anilines is 1. The van der Waals surface area contributed by atoms with Gasteiger partial charge in [0.1, 0.15) is 5.75 Å². The van der Waals surface area contributed by atoms with Gasteiger partial charge >= 0.3 is 0 Å². The number of phenolic OH excluding ortho intramolecular Hbond substituents is 1. The minimum Gasteiger partial charge on any atom is -0.507 e. The number of likely N-dealkylation sites (N-methyl/N-ethyl adjacent to an activating group) is 1. The highest BCUT2D eigenvalue weighted by Gasteiger charge is 2.17. The quantitative estimate of drug-likeness (QED) is 0.683. The molecule has 0 unspecified atom stereocenters. The summed E-state index contributed by atoms with van der Waals surface area (Å²) in [5, 5.41) is 18.5. The summed E-state index contributed by atoms with van der Waals surface area (Å²) in [5.74, 6) is -0.648. The standard InChI is InChI=1S/C10H13ClN2O3/c1-13(2-3-14)10(16)6-4-7(11)8(12)5-9(6)15/h4-5,14-15H,2-3,12H2,1H3. The van der Waals surface area contributed by atoms with Gasteiger partial charge in [-0.05, 0) is 6.07 Å². The Morgan fingerprint density at radius 1 is 1.56 bits per heavy atom. The van der Waals surface area contributed by atoms with Crippen LogP contribution in [0.2, 0.25) is 5.02 Å². The number of nitrogen functional groups attached to an aromatic ring is 1. The van der Waals surface area contributed by atoms with Crippen molar-refractivity contribution < 1.29 is 15.0 Å². The van der Waals surface area contributed by atoms with Crippen LogP contribution in [0.3, 0.4) is 0 Å². The molecule has 0 bridgehead atoms. The maximum absolute atomic E-state index is 11.8. The number of nitrogens with two attached hydrogens (primary N) is 1. The molecule has 1 aromatic carbocycles. The van der Waals surface area contributed by atoms with Crippen LogP contribution >= 0.6 is 11.6 Å². The predicted octanol–water partition coefficient (Wildman–Crippen LogP) is 0.692. The molecule has 1 amide bonds. The van der Waals surface area contributed by atoms with Crippen molar-refractivity contribution in [2.75, 3.05) is 25.9 Å². The van der Waals surface area contributed by atoms with Crippen molar-refractivity contribution in [2.24, 2.45) is 0 Å². The van der Waals surface area contributed by atoms with E-state index in [0.717, 1.165) is 0 Å². The van der Waals surface area contributed by atoms with Crippen LogP contribution in [0.15, 0.2) is 12.1 Å². The summed E-state index contributed by atoms with van der Waals surface area (Å²) in [6.45, 7) is 0.0337. The van der Waals surface area contributed by atoms with Crippen LogP contribution in [0.25, 0.3) is 0 Å². The van der Waals surface area contributed by atoms with E-state index >= 15 is 0 Å². The van der Waals surface area contributed by atoms with Crippen LogP contribution in [0.5, 0.6) is 5.75 Å². The van der Waals surface area contributed by atoms with Crippen molar-refractivity contribution in [1.29, 1.82) is 0 Å². The van der Waals surface area contributed by atoms with Gasteiger partial charge in [-0.1, -0.05) is 11.6 Å². The van der Waals surface area contributed by atoms with Gasteiger partial charge in [0, 0.05) is 19.7 Å². The molecule has 0 saturated heterocycles. The zero-order valence-corrected chi connectivity index (χ0v) is 9.53. The normalized spacial score (nSPS) is 10.2. The van der Waals surface area contributed by atoms with Gasteiger partial charge in [-0.2, -0.15) is 0 Å². The average Bonchev–Trinajstić information content (AvgIpc) is 2.23. The van der Waals surface area contributed by atoms with Gasteiger partial charge in [-0.25, -0.2) is 0 Å². The second-order valence-electron chi connectivity index (χ2n) is 3.34. The Bertz CT molecular complexity index is 409. The van der Waals surface area contributed by atoms with Gasteiger partial charge < -0.3 is 20.8 Å². The topological polar surface area (TPSA) is 86.8 Å². The number of carbonyl (C=O) groups is 1. The Hall–Kier alpha value is -1.46. The first-order chi connectivity index (χ1) is 7.47. The fourth-order valence-corrected chi connectivity index (χ4v) is 1.37. The highest BCUT2D eigenvalue weighted by atomic mass is 35.5. The summed E-state index contributed by atoms with van der Waals surface area (Å²) in [4.78, 5) is 13.1. The first-order valence-electron chi connectivity index (χ1n) is 4.61. The lowest BCUT2D eigenvalue weighted by atomic mass is 10.1. The Morgan fingerprint density at radius 2 is 2.19 bits per heavy atom. The molecule has 0 aliphatic carbocycles. The fourth-order valence-electron chi connectivity index (χ4n) is 1.21. The number of carbonyl (C=O) groups excluding carboxylic acids is 1. The summed E-state index contributed by atoms with van der Waals surface area (Å²) >= 11 is 5.76. The van der Waals surface area contributed by atoms with Crippen molar-refractivity contribution >= 4 is 23.2 Å². The number of aliphatic hydroxyl groups excluding tert-OH is 1. The van der Waals surface area contributed by atoms with Crippen LogP contribution in [0, 0.1) is 0 Å². The first kappa shape index (κ1) is 12.6. The van der Waals surface area contributed by atoms with Gasteiger partial charge in [-0.3, -0.25) is 4.79 Å². The minimum atomic E-state index is -0.423. The van der Waals surface area contributed by atoms with Gasteiger partial charge in [0.05, 0.1) is 22.9 Å². The zero-order valence-electron chi connectivity index (χ0n) is 8.77. The Kier molecular flexibility index (Phi) is 3.98. The molecule has 0 radical (unpaired) electrons. The van der Waals surface area contributed by atoms with E-state index in [2.05, 4.69) is 0 Å². The molecule has 0 aromatic heterocycles. The van der Waals surface area contributed by atoms with Crippen LogP contribution in [-0.4, -0.2) is 41.2 Å². The Labute approximate surface area is 98.0 Å². The van der Waals surface area contributed by atoms with E-state index in [1.807, 2.05) is 0 Å². The molecule has 0 aliphatic rings. The van der Waals surface area contributed by atoms with Crippen molar-refractivity contribution in [3.05, 3.63) is 22.7 Å². The van der Waals surface area contributed by atoms with Gasteiger partial charge in [0.25, 0.3) is 5.91 Å². The molecular formula is C10H13ClN2O3. The molecule has 6 heteroatoms. The molecule has 0 spiro atoms. The molecule has 0 heterocycles. The maximum atomic E-state index is 11.8. The van der Waals surface area contributed by atoms with E-state index in [1.54, 1.807) is 0 Å². The molecule has 88 valence electrons. The number of hydrogen-bond donors (Lipinski definition) is 3. The third-order valence-corrected chi connectivity index (χ3v) is 2.45. The summed E-state index contributed by atoms with van der Waals surface area (Å²) in [6.07, 6.45) is 0. The fraction of sp³-hybridized carbons (Fsp3) is 0.300. The molecule has 1 rings (SSSR count). The van der Waals surface area contributed by atoms with E-state index in [4.69, 9.17) is 22.4 Å². The molecule has 0 fully saturated rings. The van der Waals surface area contributed by atoms with E-state index < -0.39 is 5.91 Å². The zero-order chi connectivity index (χ0) is 12.3. The minimum absolute atomic E-state index is 0.0650. The molecule has 0 aliphatic heterocycles. The monoisotopic (exact) mass is 244 g/mol. The number of hydrogen-bond acceptors (Lipinski definition) is 4. The maximum Gasteiger partial charge on any atom is 0.257 e. The molecule has 4 N–H and O–H groups in total. The van der Waals surface area contributed by atoms with Crippen LogP contribution < -0.4 is 5.73 Å². The van der Waals surface area contributed by atoms with Crippen LogP contribution in [-0.2, 0) is 0 Å². The molecule has 0 atom stereocenters. The molecular weight excluding hydrogens is 232 g/mol. The second-order valence-corrected chi connectivity index (χ2v) is 3.75. The van der Waals surface area contributed by atoms with Crippen molar-refractivity contribution in [3.8, 4) is 5.75 Å². The average molecular weight is 245 g/mol. The van der Waals surface area contributed by atoms with Crippen LogP contribution in [0.1, 0.15) is 10.4 Å². The van der Waals surface area contributed by atoms with Gasteiger partial charge in [-0.15, -0.1) is 0 Å². The smallest absolute Gasteiger partial charge is 0.257 e. The summed E-state index contributed by atoms with van der Waals surface area (Å²) in [7, 11) is 1.52. The molecule has 16 heavy (non-hydrogen) atoms. The van der Waals surface area contributed by atoms with Gasteiger partial charge in [0.2, 0.25) is 0 Å². The number of benzene rings is 1. The number of phenols is 1. The number of aliphatic hydroxyl groups is 1. The SMILES string of the molecule is CN(CCO)C(=O)c1cc(Cl)c(N)cc1O. The van der Waals surface area contributed by atoms with Crippen LogP contribution in [0.4, 0.5) is 5.69 Å². The number of aromatic hydroxyl groups is 1. The van der Waals surface area contributed by atoms with E-state index in [-0.39, 0.29) is 35.2 Å². The highest BCUT2D eigenvalue weighted by molar-refractivity contribution is 6.33. The third kappa shape index (κ3) is 2.56. The second kappa shape index (κ2) is 5.05. The molecule has 0 saturated carbocycles. The third-order valence-electron chi connectivity index (χ3n) is 2.13. The first-order valence-corrected chi connectivity index (χ1v) is 4.99. The summed E-state index contributed by atoms with van der Waals surface area (Å²) < 4.78 is 0. The summed E-state index contributed by atoms with van der Waals surface area (Å²) in [5.41, 5.74) is 5.74. The number of amides is 1. The number of rotatable bonds is 3. The Morgan fingerprint density at radius 3 is 2.75 bits per heavy atom. The lowest BCUT2D eigenvalue weighted by Gasteiger charge is -2.16. The highest BCUT2D eigenvalue weighted by Crippen LogP contribution is 2.28. The lowest BCUT2D eigenvalue weighted by molar-refractivity contribution is 0.0764. The number of halogens is 1.